The Morgan fingerprint density at radius 2 is 1.82 bits per heavy atom. The average Bonchev–Trinajstić information content (AvgIpc) is 2.28. The zero-order valence-electron chi connectivity index (χ0n) is 9.58. The molecule has 5 heteroatoms. The van der Waals surface area contributed by atoms with Crippen molar-refractivity contribution >= 4 is 0 Å². The Bertz CT molecular complexity index is 326. The van der Waals surface area contributed by atoms with Crippen molar-refractivity contribution in [3.8, 4) is 0 Å². The van der Waals surface area contributed by atoms with Crippen molar-refractivity contribution in [2.75, 3.05) is 6.54 Å². The van der Waals surface area contributed by atoms with Gasteiger partial charge >= 0.3 is 6.18 Å². The van der Waals surface area contributed by atoms with Crippen LogP contribution >= 0.6 is 0 Å². The normalized spacial score (nSPS) is 15.6. The summed E-state index contributed by atoms with van der Waals surface area (Å²) in [5, 5.41) is 0. The van der Waals surface area contributed by atoms with Crippen molar-refractivity contribution in [3.05, 3.63) is 35.9 Å². The van der Waals surface area contributed by atoms with E-state index in [1.54, 1.807) is 37.3 Å². The van der Waals surface area contributed by atoms with Crippen LogP contribution in [-0.4, -0.2) is 18.8 Å². The van der Waals surface area contributed by atoms with Crippen LogP contribution in [0, 0.1) is 0 Å². The van der Waals surface area contributed by atoms with Gasteiger partial charge in [-0.1, -0.05) is 30.3 Å². The number of hydrogen-bond acceptors (Lipinski definition) is 2. The van der Waals surface area contributed by atoms with E-state index in [1.807, 2.05) is 0 Å². The molecule has 0 spiro atoms. The number of rotatable bonds is 5. The van der Waals surface area contributed by atoms with Crippen LogP contribution in [0.4, 0.5) is 13.2 Å². The maximum absolute atomic E-state index is 12.6. The first-order chi connectivity index (χ1) is 7.95. The molecular weight excluding hydrogens is 231 g/mol. The summed E-state index contributed by atoms with van der Waals surface area (Å²) in [5.74, 6) is 0. The van der Waals surface area contributed by atoms with Crippen molar-refractivity contribution < 1.29 is 17.9 Å². The standard InChI is InChI=1S/C12H16F3NO/c1-9(10-5-3-2-4-6-10)17-11(7-8-16)12(13,14)15/h2-6,9,11H,7-8,16H2,1H3. The first kappa shape index (κ1) is 14.0. The van der Waals surface area contributed by atoms with E-state index in [-0.39, 0.29) is 13.0 Å². The molecule has 0 fully saturated rings. The largest absolute Gasteiger partial charge is 0.414 e. The first-order valence-corrected chi connectivity index (χ1v) is 5.42. The maximum Gasteiger partial charge on any atom is 0.414 e. The summed E-state index contributed by atoms with van der Waals surface area (Å²) >= 11 is 0. The van der Waals surface area contributed by atoms with E-state index in [1.165, 1.54) is 0 Å². The molecule has 0 saturated carbocycles. The molecule has 1 rings (SSSR count). The van der Waals surface area contributed by atoms with Crippen LogP contribution in [0.15, 0.2) is 30.3 Å². The second-order valence-electron chi connectivity index (χ2n) is 3.80. The molecule has 1 aromatic carbocycles. The van der Waals surface area contributed by atoms with Gasteiger partial charge in [-0.05, 0) is 25.5 Å². The first-order valence-electron chi connectivity index (χ1n) is 5.42. The third-order valence-corrected chi connectivity index (χ3v) is 2.43. The molecule has 0 aromatic heterocycles. The van der Waals surface area contributed by atoms with Crippen LogP contribution in [0.3, 0.4) is 0 Å². The molecule has 2 unspecified atom stereocenters. The Morgan fingerprint density at radius 3 is 2.29 bits per heavy atom. The summed E-state index contributed by atoms with van der Waals surface area (Å²) in [5.41, 5.74) is 5.88. The third kappa shape index (κ3) is 4.36. The van der Waals surface area contributed by atoms with Gasteiger partial charge in [0.25, 0.3) is 0 Å². The molecule has 0 aliphatic heterocycles. The van der Waals surface area contributed by atoms with E-state index in [0.717, 1.165) is 5.56 Å². The maximum atomic E-state index is 12.6. The lowest BCUT2D eigenvalue weighted by Crippen LogP contribution is -2.34. The van der Waals surface area contributed by atoms with Gasteiger partial charge in [0.15, 0.2) is 6.10 Å². The van der Waals surface area contributed by atoms with E-state index in [4.69, 9.17) is 10.5 Å². The molecule has 2 atom stereocenters. The van der Waals surface area contributed by atoms with E-state index < -0.39 is 18.4 Å². The van der Waals surface area contributed by atoms with Gasteiger partial charge in [-0.2, -0.15) is 13.2 Å². The van der Waals surface area contributed by atoms with Crippen LogP contribution in [0.5, 0.6) is 0 Å². The van der Waals surface area contributed by atoms with Crippen LogP contribution in [-0.2, 0) is 4.74 Å². The van der Waals surface area contributed by atoms with Crippen LogP contribution in [0.1, 0.15) is 25.0 Å². The minimum absolute atomic E-state index is 0.0499. The summed E-state index contributed by atoms with van der Waals surface area (Å²) in [6, 6.07) is 8.81. The minimum Gasteiger partial charge on any atom is -0.361 e. The van der Waals surface area contributed by atoms with E-state index in [2.05, 4.69) is 0 Å². The Labute approximate surface area is 98.6 Å². The zero-order valence-corrected chi connectivity index (χ0v) is 9.58. The summed E-state index contributed by atoms with van der Waals surface area (Å²) in [4.78, 5) is 0. The van der Waals surface area contributed by atoms with Gasteiger partial charge < -0.3 is 10.5 Å². The van der Waals surface area contributed by atoms with Crippen molar-refractivity contribution in [1.29, 1.82) is 0 Å². The summed E-state index contributed by atoms with van der Waals surface area (Å²) < 4.78 is 42.8. The molecule has 96 valence electrons. The monoisotopic (exact) mass is 247 g/mol. The average molecular weight is 247 g/mol. The molecule has 0 heterocycles. The molecule has 2 nitrogen and oxygen atoms in total. The summed E-state index contributed by atoms with van der Waals surface area (Å²) in [6.07, 6.45) is -7.00. The molecule has 17 heavy (non-hydrogen) atoms. The second kappa shape index (κ2) is 6.02. The smallest absolute Gasteiger partial charge is 0.361 e. The Balaban J connectivity index is 2.68. The number of ether oxygens (including phenoxy) is 1. The van der Waals surface area contributed by atoms with E-state index in [9.17, 15) is 13.2 Å². The van der Waals surface area contributed by atoms with Crippen molar-refractivity contribution in [3.63, 3.8) is 0 Å². The third-order valence-electron chi connectivity index (χ3n) is 2.43. The van der Waals surface area contributed by atoms with Crippen molar-refractivity contribution in [1.82, 2.24) is 0 Å². The molecule has 0 saturated heterocycles. The minimum atomic E-state index is -4.37. The molecule has 0 amide bonds. The van der Waals surface area contributed by atoms with Gasteiger partial charge in [-0.15, -0.1) is 0 Å². The highest BCUT2D eigenvalue weighted by molar-refractivity contribution is 5.16. The zero-order chi connectivity index (χ0) is 12.9. The van der Waals surface area contributed by atoms with Crippen LogP contribution in [0.25, 0.3) is 0 Å². The lowest BCUT2D eigenvalue weighted by molar-refractivity contribution is -0.233. The number of alkyl halides is 3. The van der Waals surface area contributed by atoms with Gasteiger partial charge in [0.05, 0.1) is 6.10 Å². The molecule has 1 aromatic rings. The molecule has 2 N–H and O–H groups in total. The Kier molecular flexibility index (Phi) is 4.96. The van der Waals surface area contributed by atoms with Gasteiger partial charge in [0.2, 0.25) is 0 Å². The molecule has 0 aliphatic carbocycles. The van der Waals surface area contributed by atoms with Crippen molar-refractivity contribution in [2.45, 2.75) is 31.7 Å². The van der Waals surface area contributed by atoms with E-state index >= 15 is 0 Å². The fourth-order valence-corrected chi connectivity index (χ4v) is 1.51. The molecule has 0 aliphatic rings. The fourth-order valence-electron chi connectivity index (χ4n) is 1.51. The Hall–Kier alpha value is -1.07. The summed E-state index contributed by atoms with van der Waals surface area (Å²) in [7, 11) is 0. The lowest BCUT2D eigenvalue weighted by atomic mass is 10.1. The number of nitrogens with two attached hydrogens (primary N) is 1. The number of hydrogen-bond donors (Lipinski definition) is 1. The predicted molar refractivity (Wildman–Crippen MR) is 59.5 cm³/mol. The topological polar surface area (TPSA) is 35.2 Å². The van der Waals surface area contributed by atoms with Crippen LogP contribution in [0.2, 0.25) is 0 Å². The van der Waals surface area contributed by atoms with Gasteiger partial charge in [-0.25, -0.2) is 0 Å². The second-order valence-corrected chi connectivity index (χ2v) is 3.80. The SMILES string of the molecule is CC(OC(CCN)C(F)(F)F)c1ccccc1. The molecule has 0 radical (unpaired) electrons. The van der Waals surface area contributed by atoms with E-state index in [0.29, 0.717) is 0 Å². The van der Waals surface area contributed by atoms with Crippen molar-refractivity contribution in [2.24, 2.45) is 5.73 Å². The van der Waals surface area contributed by atoms with Crippen LogP contribution < -0.4 is 5.73 Å². The highest BCUT2D eigenvalue weighted by atomic mass is 19.4. The predicted octanol–water partition coefficient (Wildman–Crippen LogP) is 3.04. The van der Waals surface area contributed by atoms with Gasteiger partial charge in [-0.3, -0.25) is 0 Å². The highest BCUT2D eigenvalue weighted by Crippen LogP contribution is 2.29. The Morgan fingerprint density at radius 1 is 1.24 bits per heavy atom. The van der Waals surface area contributed by atoms with Gasteiger partial charge in [0.1, 0.15) is 0 Å². The fraction of sp³-hybridized carbons (Fsp3) is 0.500. The molecule has 0 bridgehead atoms. The lowest BCUT2D eigenvalue weighted by Gasteiger charge is -2.24. The number of halogens is 3. The quantitative estimate of drug-likeness (QED) is 0.868. The van der Waals surface area contributed by atoms with Gasteiger partial charge in [0, 0.05) is 0 Å². The number of benzene rings is 1. The summed E-state index contributed by atoms with van der Waals surface area (Å²) in [6.45, 7) is 1.55. The molecular formula is C12H16F3NO. The highest BCUT2D eigenvalue weighted by Gasteiger charge is 2.40.